The van der Waals surface area contributed by atoms with E-state index in [-0.39, 0.29) is 5.75 Å². The summed E-state index contributed by atoms with van der Waals surface area (Å²) in [5.74, 6) is -0.172. The van der Waals surface area contributed by atoms with Crippen LogP contribution in [0.4, 0.5) is 0 Å². The summed E-state index contributed by atoms with van der Waals surface area (Å²) in [6.45, 7) is 0. The highest BCUT2D eigenvalue weighted by atomic mass is 16.5. The van der Waals surface area contributed by atoms with Gasteiger partial charge in [0.2, 0.25) is 0 Å². The molecule has 0 aliphatic carbocycles. The summed E-state index contributed by atoms with van der Waals surface area (Å²) in [6.07, 6.45) is -0.0208. The van der Waals surface area contributed by atoms with E-state index in [0.29, 0.717) is 16.9 Å². The van der Waals surface area contributed by atoms with E-state index in [1.165, 1.54) is 19.4 Å². The predicted octanol–water partition coefficient (Wildman–Crippen LogP) is 1.58. The number of carbonyl (C=O) groups excluding carboxylic acids is 1. The van der Waals surface area contributed by atoms with Crippen LogP contribution >= 0.6 is 0 Å². The number of aliphatic hydroxyl groups excluding tert-OH is 1. The number of rotatable bonds is 5. The lowest BCUT2D eigenvalue weighted by Crippen LogP contribution is -2.25. The Balaban J connectivity index is 1.99. The van der Waals surface area contributed by atoms with Gasteiger partial charge >= 0.3 is 0 Å². The second kappa shape index (κ2) is 7.24. The maximum absolute atomic E-state index is 11.8. The molecule has 6 heteroatoms. The SMILES string of the molecule is COc1ccc(/C=N/NC(=O)C(O)c2ccccc2)c(O)c1. The molecule has 2 rings (SSSR count). The van der Waals surface area contributed by atoms with Crippen LogP contribution in [0.25, 0.3) is 0 Å². The fourth-order valence-corrected chi connectivity index (χ4v) is 1.77. The highest BCUT2D eigenvalue weighted by molar-refractivity contribution is 5.86. The lowest BCUT2D eigenvalue weighted by molar-refractivity contribution is -0.129. The molecule has 114 valence electrons. The minimum atomic E-state index is -1.30. The monoisotopic (exact) mass is 300 g/mol. The van der Waals surface area contributed by atoms with Gasteiger partial charge in [-0.2, -0.15) is 5.10 Å². The number of methoxy groups -OCH3 is 1. The molecular formula is C16H16N2O4. The normalized spacial score (nSPS) is 12.1. The molecule has 0 radical (unpaired) electrons. The average molecular weight is 300 g/mol. The molecule has 0 saturated heterocycles. The Bertz CT molecular complexity index is 671. The van der Waals surface area contributed by atoms with Crippen LogP contribution in [0.2, 0.25) is 0 Å². The molecule has 0 aromatic heterocycles. The molecule has 2 aromatic carbocycles. The van der Waals surface area contributed by atoms with Gasteiger partial charge in [-0.3, -0.25) is 4.79 Å². The molecule has 0 heterocycles. The summed E-state index contributed by atoms with van der Waals surface area (Å²) >= 11 is 0. The standard InChI is InChI=1S/C16H16N2O4/c1-22-13-8-7-12(14(19)9-13)10-17-18-16(21)15(20)11-5-3-2-4-6-11/h2-10,15,19-20H,1H3,(H,18,21)/b17-10+. The fraction of sp³-hybridized carbons (Fsp3) is 0.125. The van der Waals surface area contributed by atoms with E-state index in [1.807, 2.05) is 0 Å². The van der Waals surface area contributed by atoms with Gasteiger partial charge in [0, 0.05) is 11.6 Å². The second-order valence-corrected chi connectivity index (χ2v) is 4.47. The number of nitrogens with one attached hydrogen (secondary N) is 1. The van der Waals surface area contributed by atoms with Gasteiger partial charge in [0.15, 0.2) is 6.10 Å². The Hall–Kier alpha value is -2.86. The molecule has 1 unspecified atom stereocenters. The van der Waals surface area contributed by atoms with Crippen LogP contribution in [-0.4, -0.2) is 29.4 Å². The molecule has 0 fully saturated rings. The van der Waals surface area contributed by atoms with E-state index in [4.69, 9.17) is 4.74 Å². The Morgan fingerprint density at radius 3 is 2.64 bits per heavy atom. The number of amides is 1. The number of nitrogens with zero attached hydrogens (tertiary/aromatic N) is 1. The topological polar surface area (TPSA) is 91.2 Å². The largest absolute Gasteiger partial charge is 0.507 e. The van der Waals surface area contributed by atoms with Crippen molar-refractivity contribution in [2.24, 2.45) is 5.10 Å². The molecule has 1 amide bonds. The van der Waals surface area contributed by atoms with Gasteiger partial charge in [-0.25, -0.2) is 5.43 Å². The second-order valence-electron chi connectivity index (χ2n) is 4.47. The van der Waals surface area contributed by atoms with Crippen LogP contribution in [0.1, 0.15) is 17.2 Å². The number of ether oxygens (including phenoxy) is 1. The van der Waals surface area contributed by atoms with E-state index < -0.39 is 12.0 Å². The lowest BCUT2D eigenvalue weighted by atomic mass is 10.1. The lowest BCUT2D eigenvalue weighted by Gasteiger charge is -2.08. The Labute approximate surface area is 127 Å². The number of hydrogen-bond acceptors (Lipinski definition) is 5. The maximum atomic E-state index is 11.8. The van der Waals surface area contributed by atoms with Crippen LogP contribution in [-0.2, 0) is 4.79 Å². The number of hydrogen-bond donors (Lipinski definition) is 3. The molecule has 1 atom stereocenters. The summed E-state index contributed by atoms with van der Waals surface area (Å²) in [5, 5.41) is 23.3. The van der Waals surface area contributed by atoms with Gasteiger partial charge in [-0.15, -0.1) is 0 Å². The Kier molecular flexibility index (Phi) is 5.11. The van der Waals surface area contributed by atoms with Gasteiger partial charge in [-0.1, -0.05) is 30.3 Å². The number of phenols is 1. The Morgan fingerprint density at radius 2 is 2.00 bits per heavy atom. The van der Waals surface area contributed by atoms with Crippen molar-refractivity contribution in [1.29, 1.82) is 0 Å². The number of benzene rings is 2. The summed E-state index contributed by atoms with van der Waals surface area (Å²) in [7, 11) is 1.49. The van der Waals surface area contributed by atoms with Crippen molar-refractivity contribution in [3.8, 4) is 11.5 Å². The number of hydrazone groups is 1. The summed E-state index contributed by atoms with van der Waals surface area (Å²) in [6, 6.07) is 13.2. The minimum Gasteiger partial charge on any atom is -0.507 e. The average Bonchev–Trinajstić information content (AvgIpc) is 2.56. The van der Waals surface area contributed by atoms with Crippen molar-refractivity contribution < 1.29 is 19.7 Å². The molecule has 0 saturated carbocycles. The van der Waals surface area contributed by atoms with E-state index in [0.717, 1.165) is 0 Å². The number of carbonyl (C=O) groups is 1. The summed E-state index contributed by atoms with van der Waals surface area (Å²) in [4.78, 5) is 11.8. The van der Waals surface area contributed by atoms with Crippen LogP contribution in [0.3, 0.4) is 0 Å². The van der Waals surface area contributed by atoms with Gasteiger partial charge in [0.25, 0.3) is 5.91 Å². The summed E-state index contributed by atoms with van der Waals surface area (Å²) < 4.78 is 4.97. The van der Waals surface area contributed by atoms with Crippen molar-refractivity contribution in [1.82, 2.24) is 5.43 Å². The molecule has 3 N–H and O–H groups in total. The van der Waals surface area contributed by atoms with Crippen LogP contribution in [0.5, 0.6) is 11.5 Å². The van der Waals surface area contributed by atoms with Gasteiger partial charge < -0.3 is 14.9 Å². The van der Waals surface area contributed by atoms with Crippen molar-refractivity contribution in [2.75, 3.05) is 7.11 Å². The Morgan fingerprint density at radius 1 is 1.27 bits per heavy atom. The summed E-state index contributed by atoms with van der Waals surface area (Å²) in [5.41, 5.74) is 3.11. The zero-order valence-electron chi connectivity index (χ0n) is 11.9. The molecule has 0 spiro atoms. The number of phenolic OH excluding ortho intramolecular Hbond substituents is 1. The molecule has 0 bridgehead atoms. The first kappa shape index (κ1) is 15.5. The third kappa shape index (κ3) is 3.83. The smallest absolute Gasteiger partial charge is 0.273 e. The first-order valence-corrected chi connectivity index (χ1v) is 6.54. The molecular weight excluding hydrogens is 284 g/mol. The zero-order chi connectivity index (χ0) is 15.9. The van der Waals surface area contributed by atoms with Gasteiger partial charge in [0.05, 0.1) is 13.3 Å². The van der Waals surface area contributed by atoms with Gasteiger partial charge in [0.1, 0.15) is 11.5 Å². The molecule has 6 nitrogen and oxygen atoms in total. The number of aromatic hydroxyl groups is 1. The van der Waals surface area contributed by atoms with E-state index in [1.54, 1.807) is 42.5 Å². The maximum Gasteiger partial charge on any atom is 0.273 e. The highest BCUT2D eigenvalue weighted by Crippen LogP contribution is 2.21. The van der Waals surface area contributed by atoms with Crippen molar-refractivity contribution >= 4 is 12.1 Å². The van der Waals surface area contributed by atoms with Crippen LogP contribution < -0.4 is 10.2 Å². The van der Waals surface area contributed by atoms with E-state index >= 15 is 0 Å². The molecule has 22 heavy (non-hydrogen) atoms. The zero-order valence-corrected chi connectivity index (χ0v) is 11.9. The first-order valence-electron chi connectivity index (χ1n) is 6.54. The quantitative estimate of drug-likeness (QED) is 0.577. The molecule has 2 aromatic rings. The first-order chi connectivity index (χ1) is 10.6. The third-order valence-electron chi connectivity index (χ3n) is 2.98. The minimum absolute atomic E-state index is 0.0269. The van der Waals surface area contributed by atoms with Gasteiger partial charge in [-0.05, 0) is 17.7 Å². The predicted molar refractivity (Wildman–Crippen MR) is 81.8 cm³/mol. The fourth-order valence-electron chi connectivity index (χ4n) is 1.77. The van der Waals surface area contributed by atoms with Crippen molar-refractivity contribution in [3.05, 3.63) is 59.7 Å². The van der Waals surface area contributed by atoms with Crippen LogP contribution in [0, 0.1) is 0 Å². The van der Waals surface area contributed by atoms with Crippen molar-refractivity contribution in [3.63, 3.8) is 0 Å². The van der Waals surface area contributed by atoms with Crippen molar-refractivity contribution in [2.45, 2.75) is 6.10 Å². The van der Waals surface area contributed by atoms with E-state index in [2.05, 4.69) is 10.5 Å². The highest BCUT2D eigenvalue weighted by Gasteiger charge is 2.15. The van der Waals surface area contributed by atoms with Crippen LogP contribution in [0.15, 0.2) is 53.6 Å². The molecule has 0 aliphatic heterocycles. The number of aliphatic hydroxyl groups is 1. The molecule has 0 aliphatic rings. The van der Waals surface area contributed by atoms with E-state index in [9.17, 15) is 15.0 Å². The third-order valence-corrected chi connectivity index (χ3v) is 2.98.